The molecule has 2 aromatic rings. The minimum atomic E-state index is -0.0845. The van der Waals surface area contributed by atoms with Crippen LogP contribution in [0.5, 0.6) is 5.75 Å². The largest absolute Gasteiger partial charge is 0.497 e. The fourth-order valence-corrected chi connectivity index (χ4v) is 2.26. The van der Waals surface area contributed by atoms with Crippen molar-refractivity contribution in [3.8, 4) is 5.75 Å². The van der Waals surface area contributed by atoms with Gasteiger partial charge in [0, 0.05) is 18.8 Å². The zero-order valence-corrected chi connectivity index (χ0v) is 11.6. The van der Waals surface area contributed by atoms with Crippen LogP contribution in [-0.2, 0) is 13.5 Å². The van der Waals surface area contributed by atoms with Crippen molar-refractivity contribution >= 4 is 0 Å². The maximum absolute atomic E-state index is 5.73. The van der Waals surface area contributed by atoms with Crippen LogP contribution in [0.1, 0.15) is 29.8 Å². The lowest BCUT2D eigenvalue weighted by atomic mass is 9.99. The molecule has 0 aliphatic carbocycles. The lowest BCUT2D eigenvalue weighted by Gasteiger charge is -2.17. The molecular weight excluding hydrogens is 240 g/mol. The van der Waals surface area contributed by atoms with Crippen LogP contribution in [0.3, 0.4) is 0 Å². The first-order valence-corrected chi connectivity index (χ1v) is 6.32. The van der Waals surface area contributed by atoms with Crippen LogP contribution >= 0.6 is 0 Å². The SMILES string of the molecule is CCc1nn(C)cc1C(NN)c1cccc(OC)c1. The molecule has 0 saturated heterocycles. The number of nitrogens with zero attached hydrogens (tertiary/aromatic N) is 2. The Morgan fingerprint density at radius 2 is 2.26 bits per heavy atom. The van der Waals surface area contributed by atoms with E-state index in [9.17, 15) is 0 Å². The number of hydrogen-bond acceptors (Lipinski definition) is 4. The first-order valence-electron chi connectivity index (χ1n) is 6.32. The fourth-order valence-electron chi connectivity index (χ4n) is 2.26. The summed E-state index contributed by atoms with van der Waals surface area (Å²) in [5.74, 6) is 6.55. The van der Waals surface area contributed by atoms with E-state index in [1.807, 2.05) is 42.2 Å². The Morgan fingerprint density at radius 1 is 1.47 bits per heavy atom. The Morgan fingerprint density at radius 3 is 2.89 bits per heavy atom. The zero-order valence-electron chi connectivity index (χ0n) is 11.6. The van der Waals surface area contributed by atoms with E-state index in [1.165, 1.54) is 0 Å². The van der Waals surface area contributed by atoms with Gasteiger partial charge in [-0.1, -0.05) is 19.1 Å². The summed E-state index contributed by atoms with van der Waals surface area (Å²) in [7, 11) is 3.58. The first kappa shape index (κ1) is 13.6. The molecular formula is C14H20N4O. The third-order valence-corrected chi connectivity index (χ3v) is 3.18. The summed E-state index contributed by atoms with van der Waals surface area (Å²) in [5, 5.41) is 4.46. The second kappa shape index (κ2) is 5.86. The van der Waals surface area contributed by atoms with Crippen molar-refractivity contribution < 1.29 is 4.74 Å². The van der Waals surface area contributed by atoms with Gasteiger partial charge in [-0.15, -0.1) is 0 Å². The highest BCUT2D eigenvalue weighted by Gasteiger charge is 2.18. The lowest BCUT2D eigenvalue weighted by Crippen LogP contribution is -2.29. The smallest absolute Gasteiger partial charge is 0.119 e. The minimum Gasteiger partial charge on any atom is -0.497 e. The molecule has 1 heterocycles. The van der Waals surface area contributed by atoms with Crippen molar-refractivity contribution in [3.63, 3.8) is 0 Å². The number of benzene rings is 1. The highest BCUT2D eigenvalue weighted by molar-refractivity contribution is 5.37. The summed E-state index contributed by atoms with van der Waals surface area (Å²) in [5.41, 5.74) is 6.07. The van der Waals surface area contributed by atoms with Gasteiger partial charge >= 0.3 is 0 Å². The molecule has 1 unspecified atom stereocenters. The molecule has 0 radical (unpaired) electrons. The topological polar surface area (TPSA) is 65.1 Å². The number of nitrogens with two attached hydrogens (primary N) is 1. The standard InChI is InChI=1S/C14H20N4O/c1-4-13-12(9-18(2)17-13)14(16-15)10-6-5-7-11(8-10)19-3/h5-9,14,16H,4,15H2,1-3H3. The summed E-state index contributed by atoms with van der Waals surface area (Å²) < 4.78 is 7.08. The average Bonchev–Trinajstić information content (AvgIpc) is 2.81. The fraction of sp³-hybridized carbons (Fsp3) is 0.357. The van der Waals surface area contributed by atoms with Crippen LogP contribution in [0.15, 0.2) is 30.5 Å². The van der Waals surface area contributed by atoms with Crippen LogP contribution in [0, 0.1) is 0 Å². The van der Waals surface area contributed by atoms with Gasteiger partial charge in [-0.3, -0.25) is 10.5 Å². The van der Waals surface area contributed by atoms with Gasteiger partial charge in [-0.2, -0.15) is 5.10 Å². The molecule has 5 heteroatoms. The zero-order chi connectivity index (χ0) is 13.8. The molecule has 0 saturated carbocycles. The van der Waals surface area contributed by atoms with Gasteiger partial charge in [0.05, 0.1) is 18.8 Å². The van der Waals surface area contributed by atoms with E-state index >= 15 is 0 Å². The Bertz CT molecular complexity index is 550. The predicted octanol–water partition coefficient (Wildman–Crippen LogP) is 1.54. The van der Waals surface area contributed by atoms with Crippen LogP contribution < -0.4 is 16.0 Å². The molecule has 0 aliphatic rings. The lowest BCUT2D eigenvalue weighted by molar-refractivity contribution is 0.413. The van der Waals surface area contributed by atoms with Gasteiger partial charge in [0.25, 0.3) is 0 Å². The van der Waals surface area contributed by atoms with Gasteiger partial charge in [0.15, 0.2) is 0 Å². The van der Waals surface area contributed by atoms with Crippen LogP contribution in [-0.4, -0.2) is 16.9 Å². The maximum atomic E-state index is 5.73. The molecule has 0 spiro atoms. The van der Waals surface area contributed by atoms with Crippen molar-refractivity contribution in [3.05, 3.63) is 47.3 Å². The molecule has 102 valence electrons. The van der Waals surface area contributed by atoms with E-state index in [0.717, 1.165) is 29.0 Å². The number of hydrazine groups is 1. The first-order chi connectivity index (χ1) is 9.19. The van der Waals surface area contributed by atoms with E-state index in [-0.39, 0.29) is 6.04 Å². The number of rotatable bonds is 5. The number of ether oxygens (including phenoxy) is 1. The number of aromatic nitrogens is 2. The number of hydrogen-bond donors (Lipinski definition) is 2. The van der Waals surface area contributed by atoms with Gasteiger partial charge in [0.1, 0.15) is 5.75 Å². The predicted molar refractivity (Wildman–Crippen MR) is 74.7 cm³/mol. The molecule has 0 amide bonds. The maximum Gasteiger partial charge on any atom is 0.119 e. The van der Waals surface area contributed by atoms with E-state index in [2.05, 4.69) is 17.4 Å². The van der Waals surface area contributed by atoms with Crippen LogP contribution in [0.25, 0.3) is 0 Å². The van der Waals surface area contributed by atoms with Crippen LogP contribution in [0.2, 0.25) is 0 Å². The molecule has 1 aromatic heterocycles. The summed E-state index contributed by atoms with van der Waals surface area (Å²) in [6.45, 7) is 2.09. The molecule has 1 atom stereocenters. The van der Waals surface area contributed by atoms with Crippen molar-refractivity contribution in [1.29, 1.82) is 0 Å². The van der Waals surface area contributed by atoms with E-state index in [4.69, 9.17) is 10.6 Å². The van der Waals surface area contributed by atoms with E-state index < -0.39 is 0 Å². The van der Waals surface area contributed by atoms with Gasteiger partial charge in [-0.05, 0) is 24.1 Å². The summed E-state index contributed by atoms with van der Waals surface area (Å²) >= 11 is 0. The molecule has 0 bridgehead atoms. The Hall–Kier alpha value is -1.85. The summed E-state index contributed by atoms with van der Waals surface area (Å²) in [4.78, 5) is 0. The molecule has 2 rings (SSSR count). The second-order valence-electron chi connectivity index (χ2n) is 4.43. The van der Waals surface area contributed by atoms with E-state index in [0.29, 0.717) is 0 Å². The number of aryl methyl sites for hydroxylation is 2. The Labute approximate surface area is 113 Å². The Kier molecular flexibility index (Phi) is 4.19. The normalized spacial score (nSPS) is 12.4. The summed E-state index contributed by atoms with van der Waals surface area (Å²) in [6.07, 6.45) is 2.88. The van der Waals surface area contributed by atoms with Crippen molar-refractivity contribution in [2.45, 2.75) is 19.4 Å². The molecule has 19 heavy (non-hydrogen) atoms. The molecule has 5 nitrogen and oxygen atoms in total. The summed E-state index contributed by atoms with van der Waals surface area (Å²) in [6, 6.07) is 7.80. The van der Waals surface area contributed by atoms with Gasteiger partial charge in [0.2, 0.25) is 0 Å². The monoisotopic (exact) mass is 260 g/mol. The van der Waals surface area contributed by atoms with Crippen molar-refractivity contribution in [1.82, 2.24) is 15.2 Å². The third-order valence-electron chi connectivity index (χ3n) is 3.18. The van der Waals surface area contributed by atoms with E-state index in [1.54, 1.807) is 7.11 Å². The Balaban J connectivity index is 2.43. The second-order valence-corrected chi connectivity index (χ2v) is 4.43. The van der Waals surface area contributed by atoms with Gasteiger partial charge in [-0.25, -0.2) is 5.43 Å². The van der Waals surface area contributed by atoms with Crippen molar-refractivity contribution in [2.75, 3.05) is 7.11 Å². The van der Waals surface area contributed by atoms with Crippen LogP contribution in [0.4, 0.5) is 0 Å². The van der Waals surface area contributed by atoms with Gasteiger partial charge < -0.3 is 4.74 Å². The van der Waals surface area contributed by atoms with Crippen molar-refractivity contribution in [2.24, 2.45) is 12.9 Å². The third kappa shape index (κ3) is 2.77. The average molecular weight is 260 g/mol. The molecule has 0 aliphatic heterocycles. The minimum absolute atomic E-state index is 0.0845. The molecule has 0 fully saturated rings. The highest BCUT2D eigenvalue weighted by Crippen LogP contribution is 2.26. The highest BCUT2D eigenvalue weighted by atomic mass is 16.5. The molecule has 3 N–H and O–H groups in total. The molecule has 1 aromatic carbocycles. The quantitative estimate of drug-likeness (QED) is 0.632. The number of methoxy groups -OCH3 is 1. The number of nitrogens with one attached hydrogen (secondary N) is 1.